The lowest BCUT2D eigenvalue weighted by molar-refractivity contribution is -0.116. The first-order valence-corrected chi connectivity index (χ1v) is 8.79. The van der Waals surface area contributed by atoms with Crippen LogP contribution in [0.1, 0.15) is 27.2 Å². The van der Waals surface area contributed by atoms with Gasteiger partial charge in [0, 0.05) is 35.4 Å². The van der Waals surface area contributed by atoms with Gasteiger partial charge in [0.1, 0.15) is 5.00 Å². The van der Waals surface area contributed by atoms with Gasteiger partial charge in [-0.15, -0.1) is 11.3 Å². The van der Waals surface area contributed by atoms with Gasteiger partial charge in [-0.2, -0.15) is 11.8 Å². The Balaban J connectivity index is 2.06. The zero-order chi connectivity index (χ0) is 15.4. The van der Waals surface area contributed by atoms with Crippen LogP contribution in [-0.4, -0.2) is 43.1 Å². The SMILES string of the molecule is COC(=O)c1c(NC(=O)CC2CSCCN2)sc(C)c1C. The third kappa shape index (κ3) is 3.99. The average Bonchev–Trinajstić information content (AvgIpc) is 2.74. The lowest BCUT2D eigenvalue weighted by atomic mass is 10.1. The second-order valence-electron chi connectivity index (χ2n) is 4.96. The Labute approximate surface area is 132 Å². The quantitative estimate of drug-likeness (QED) is 0.829. The van der Waals surface area contributed by atoms with Crippen LogP contribution in [0.25, 0.3) is 0 Å². The van der Waals surface area contributed by atoms with Crippen molar-refractivity contribution in [3.63, 3.8) is 0 Å². The normalized spacial score (nSPS) is 18.3. The zero-order valence-corrected chi connectivity index (χ0v) is 14.1. The smallest absolute Gasteiger partial charge is 0.341 e. The van der Waals surface area contributed by atoms with E-state index in [0.29, 0.717) is 17.0 Å². The maximum Gasteiger partial charge on any atom is 0.341 e. The van der Waals surface area contributed by atoms with E-state index in [1.165, 1.54) is 18.4 Å². The van der Waals surface area contributed by atoms with Crippen molar-refractivity contribution in [2.75, 3.05) is 30.5 Å². The summed E-state index contributed by atoms with van der Waals surface area (Å²) >= 11 is 3.27. The molecule has 2 rings (SSSR count). The first-order valence-electron chi connectivity index (χ1n) is 6.82. The lowest BCUT2D eigenvalue weighted by Gasteiger charge is -2.22. The highest BCUT2D eigenvalue weighted by Gasteiger charge is 2.23. The summed E-state index contributed by atoms with van der Waals surface area (Å²) in [6.45, 7) is 4.74. The minimum absolute atomic E-state index is 0.0681. The molecule has 0 spiro atoms. The molecule has 1 aromatic heterocycles. The van der Waals surface area contributed by atoms with Gasteiger partial charge in [-0.05, 0) is 19.4 Å². The molecule has 2 N–H and O–H groups in total. The summed E-state index contributed by atoms with van der Waals surface area (Å²) in [7, 11) is 1.35. The zero-order valence-electron chi connectivity index (χ0n) is 12.4. The van der Waals surface area contributed by atoms with Crippen LogP contribution in [0.3, 0.4) is 0 Å². The second kappa shape index (κ2) is 7.29. The fraction of sp³-hybridized carbons (Fsp3) is 0.571. The number of carbonyl (C=O) groups excluding carboxylic acids is 2. The average molecular weight is 328 g/mol. The molecule has 1 amide bonds. The van der Waals surface area contributed by atoms with Crippen LogP contribution in [0.2, 0.25) is 0 Å². The number of ether oxygens (including phenoxy) is 1. The molecule has 2 heterocycles. The van der Waals surface area contributed by atoms with E-state index in [1.54, 1.807) is 0 Å². The minimum atomic E-state index is -0.404. The summed E-state index contributed by atoms with van der Waals surface area (Å²) < 4.78 is 4.80. The van der Waals surface area contributed by atoms with Crippen LogP contribution in [0.5, 0.6) is 0 Å². The van der Waals surface area contributed by atoms with Gasteiger partial charge >= 0.3 is 5.97 Å². The van der Waals surface area contributed by atoms with Gasteiger partial charge in [0.15, 0.2) is 0 Å². The molecular weight excluding hydrogens is 308 g/mol. The molecule has 1 atom stereocenters. The molecule has 0 aromatic carbocycles. The largest absolute Gasteiger partial charge is 0.465 e. The lowest BCUT2D eigenvalue weighted by Crippen LogP contribution is -2.39. The number of amides is 1. The van der Waals surface area contributed by atoms with Crippen LogP contribution in [0.15, 0.2) is 0 Å². The third-order valence-corrected chi connectivity index (χ3v) is 5.71. The van der Waals surface area contributed by atoms with Gasteiger partial charge in [0.25, 0.3) is 0 Å². The topological polar surface area (TPSA) is 67.4 Å². The highest BCUT2D eigenvalue weighted by molar-refractivity contribution is 7.99. The van der Waals surface area contributed by atoms with Crippen molar-refractivity contribution >= 4 is 40.0 Å². The van der Waals surface area contributed by atoms with E-state index < -0.39 is 5.97 Å². The fourth-order valence-corrected chi connectivity index (χ4v) is 4.23. The number of thiophene rings is 1. The van der Waals surface area contributed by atoms with E-state index in [9.17, 15) is 9.59 Å². The van der Waals surface area contributed by atoms with Gasteiger partial charge in [-0.25, -0.2) is 4.79 Å². The number of thioether (sulfide) groups is 1. The number of carbonyl (C=O) groups is 2. The number of hydrogen-bond acceptors (Lipinski definition) is 6. The summed E-state index contributed by atoms with van der Waals surface area (Å²) in [5, 5.41) is 6.78. The molecule has 1 saturated heterocycles. The molecule has 21 heavy (non-hydrogen) atoms. The molecule has 0 aliphatic carbocycles. The van der Waals surface area contributed by atoms with Gasteiger partial charge < -0.3 is 15.4 Å². The van der Waals surface area contributed by atoms with Gasteiger partial charge in [0.05, 0.1) is 12.7 Å². The predicted molar refractivity (Wildman–Crippen MR) is 87.5 cm³/mol. The van der Waals surface area contributed by atoms with Crippen molar-refractivity contribution in [2.24, 2.45) is 0 Å². The Hall–Kier alpha value is -1.05. The molecule has 7 heteroatoms. The maximum atomic E-state index is 12.2. The highest BCUT2D eigenvalue weighted by atomic mass is 32.2. The summed E-state index contributed by atoms with van der Waals surface area (Å²) in [4.78, 5) is 25.0. The Morgan fingerprint density at radius 2 is 2.19 bits per heavy atom. The molecule has 116 valence electrons. The highest BCUT2D eigenvalue weighted by Crippen LogP contribution is 2.33. The van der Waals surface area contributed by atoms with E-state index in [0.717, 1.165) is 28.5 Å². The molecule has 1 aliphatic heterocycles. The van der Waals surface area contributed by atoms with Crippen molar-refractivity contribution in [1.82, 2.24) is 5.32 Å². The third-order valence-electron chi connectivity index (χ3n) is 3.46. The predicted octanol–water partition coefficient (Wildman–Crippen LogP) is 2.19. The Morgan fingerprint density at radius 3 is 2.81 bits per heavy atom. The number of rotatable bonds is 4. The molecule has 5 nitrogen and oxygen atoms in total. The van der Waals surface area contributed by atoms with Crippen molar-refractivity contribution < 1.29 is 14.3 Å². The summed E-state index contributed by atoms with van der Waals surface area (Å²) in [6, 6.07) is 0.201. The Morgan fingerprint density at radius 1 is 1.43 bits per heavy atom. The standard InChI is InChI=1S/C14H20N2O3S2/c1-8-9(2)21-13(12(8)14(18)19-3)16-11(17)6-10-7-20-5-4-15-10/h10,15H,4-7H2,1-3H3,(H,16,17). The van der Waals surface area contributed by atoms with Gasteiger partial charge in [0.2, 0.25) is 5.91 Å². The van der Waals surface area contributed by atoms with E-state index in [4.69, 9.17) is 4.74 Å². The number of hydrogen-bond donors (Lipinski definition) is 2. The van der Waals surface area contributed by atoms with E-state index in [-0.39, 0.29) is 11.9 Å². The Kier molecular flexibility index (Phi) is 5.66. The van der Waals surface area contributed by atoms with Crippen LogP contribution in [0.4, 0.5) is 5.00 Å². The second-order valence-corrected chi connectivity index (χ2v) is 7.33. The minimum Gasteiger partial charge on any atom is -0.465 e. The van der Waals surface area contributed by atoms with E-state index in [1.807, 2.05) is 25.6 Å². The first kappa shape index (κ1) is 16.3. The van der Waals surface area contributed by atoms with Crippen LogP contribution in [-0.2, 0) is 9.53 Å². The number of aryl methyl sites for hydroxylation is 1. The monoisotopic (exact) mass is 328 g/mol. The maximum absolute atomic E-state index is 12.2. The van der Waals surface area contributed by atoms with Crippen LogP contribution < -0.4 is 10.6 Å². The summed E-state index contributed by atoms with van der Waals surface area (Å²) in [5.74, 6) is 1.56. The van der Waals surface area contributed by atoms with Gasteiger partial charge in [-0.3, -0.25) is 4.79 Å². The molecule has 1 fully saturated rings. The van der Waals surface area contributed by atoms with Crippen molar-refractivity contribution in [2.45, 2.75) is 26.3 Å². The summed E-state index contributed by atoms with van der Waals surface area (Å²) in [6.07, 6.45) is 0.420. The molecule has 0 bridgehead atoms. The number of nitrogens with one attached hydrogen (secondary N) is 2. The molecule has 1 aliphatic rings. The molecule has 0 saturated carbocycles. The van der Waals surface area contributed by atoms with Crippen LogP contribution in [0, 0.1) is 13.8 Å². The van der Waals surface area contributed by atoms with Crippen molar-refractivity contribution in [3.8, 4) is 0 Å². The Bertz CT molecular complexity index is 537. The van der Waals surface area contributed by atoms with E-state index >= 15 is 0 Å². The molecule has 0 radical (unpaired) electrons. The van der Waals surface area contributed by atoms with Crippen molar-refractivity contribution in [1.29, 1.82) is 0 Å². The van der Waals surface area contributed by atoms with Crippen molar-refractivity contribution in [3.05, 3.63) is 16.0 Å². The number of methoxy groups -OCH3 is 1. The van der Waals surface area contributed by atoms with E-state index in [2.05, 4.69) is 10.6 Å². The van der Waals surface area contributed by atoms with Crippen LogP contribution >= 0.6 is 23.1 Å². The number of anilines is 1. The molecule has 1 unspecified atom stereocenters. The molecular formula is C14H20N2O3S2. The number of esters is 1. The van der Waals surface area contributed by atoms with Gasteiger partial charge in [-0.1, -0.05) is 0 Å². The summed E-state index contributed by atoms with van der Waals surface area (Å²) in [5.41, 5.74) is 1.34. The fourth-order valence-electron chi connectivity index (χ4n) is 2.22. The molecule has 1 aromatic rings. The first-order chi connectivity index (χ1) is 10.0.